The molecule has 0 aliphatic carbocycles. The molecule has 142 valence electrons. The van der Waals surface area contributed by atoms with E-state index in [0.717, 1.165) is 17.5 Å². The van der Waals surface area contributed by atoms with Gasteiger partial charge in [0.1, 0.15) is 0 Å². The highest BCUT2D eigenvalue weighted by Gasteiger charge is 2.56. The second-order valence-electron chi connectivity index (χ2n) is 5.76. The Morgan fingerprint density at radius 3 is 2.37 bits per heavy atom. The van der Waals surface area contributed by atoms with Gasteiger partial charge < -0.3 is 9.64 Å². The highest BCUT2D eigenvalue weighted by Crippen LogP contribution is 2.58. The standard InChI is InChI=1S/C16H16N4O5S2/c1-9-13(10(2)21)26-16(18(9)3)19(17-14(27-16)15(22)25-4)11-5-7-12(8-6-11)20(23)24/h5-8H,1-4H3/t16-/m1/s1. The average molecular weight is 408 g/mol. The molecule has 2 heterocycles. The number of rotatable bonds is 4. The van der Waals surface area contributed by atoms with Crippen molar-refractivity contribution in [3.63, 3.8) is 0 Å². The summed E-state index contributed by atoms with van der Waals surface area (Å²) in [5.74, 6) is -0.677. The maximum atomic E-state index is 12.1. The van der Waals surface area contributed by atoms with E-state index in [0.29, 0.717) is 10.6 Å². The molecule has 1 aromatic rings. The quantitative estimate of drug-likeness (QED) is 0.422. The molecule has 0 N–H and O–H groups in total. The summed E-state index contributed by atoms with van der Waals surface area (Å²) < 4.78 is 3.85. The van der Waals surface area contributed by atoms with Gasteiger partial charge in [-0.05, 0) is 37.7 Å². The van der Waals surface area contributed by atoms with Crippen molar-refractivity contribution < 1.29 is 19.2 Å². The van der Waals surface area contributed by atoms with Crippen LogP contribution in [0.25, 0.3) is 0 Å². The Morgan fingerprint density at radius 1 is 1.26 bits per heavy atom. The number of Topliss-reactive ketones (excluding diaryl/α,β-unsaturated/α-hetero) is 1. The number of esters is 1. The number of ketones is 1. The van der Waals surface area contributed by atoms with Crippen molar-refractivity contribution in [2.24, 2.45) is 5.10 Å². The first-order valence-electron chi connectivity index (χ1n) is 7.76. The maximum Gasteiger partial charge on any atom is 0.365 e. The largest absolute Gasteiger partial charge is 0.464 e. The topological polar surface area (TPSA) is 105 Å². The van der Waals surface area contributed by atoms with Crippen molar-refractivity contribution in [3.05, 3.63) is 45.0 Å². The van der Waals surface area contributed by atoms with Gasteiger partial charge in [-0.3, -0.25) is 14.9 Å². The van der Waals surface area contributed by atoms with E-state index in [2.05, 4.69) is 5.10 Å². The Labute approximate surface area is 163 Å². The molecule has 11 heteroatoms. The number of thioether (sulfide) groups is 2. The second-order valence-corrected chi connectivity index (χ2v) is 8.36. The zero-order valence-corrected chi connectivity index (χ0v) is 16.6. The van der Waals surface area contributed by atoms with Crippen LogP contribution in [0.3, 0.4) is 0 Å². The molecule has 0 aromatic heterocycles. The van der Waals surface area contributed by atoms with Crippen LogP contribution in [-0.2, 0) is 14.3 Å². The van der Waals surface area contributed by atoms with Gasteiger partial charge in [0.2, 0.25) is 9.37 Å². The third-order valence-corrected chi connectivity index (χ3v) is 7.32. The van der Waals surface area contributed by atoms with Crippen LogP contribution in [0.1, 0.15) is 13.8 Å². The second kappa shape index (κ2) is 6.89. The number of nitrogens with zero attached hydrogens (tertiary/aromatic N) is 4. The molecule has 0 radical (unpaired) electrons. The fraction of sp³-hybridized carbons (Fsp3) is 0.312. The molecule has 2 aliphatic heterocycles. The summed E-state index contributed by atoms with van der Waals surface area (Å²) in [5, 5.41) is 17.0. The minimum Gasteiger partial charge on any atom is -0.464 e. The lowest BCUT2D eigenvalue weighted by Crippen LogP contribution is -2.47. The van der Waals surface area contributed by atoms with Crippen molar-refractivity contribution in [3.8, 4) is 0 Å². The van der Waals surface area contributed by atoms with Crippen LogP contribution in [0.15, 0.2) is 40.0 Å². The monoisotopic (exact) mass is 408 g/mol. The number of carbonyl (C=O) groups excluding carboxylic acids is 2. The number of non-ortho nitro benzene ring substituents is 1. The first-order chi connectivity index (χ1) is 12.7. The number of hydrazone groups is 1. The van der Waals surface area contributed by atoms with E-state index in [1.54, 1.807) is 24.2 Å². The predicted octanol–water partition coefficient (Wildman–Crippen LogP) is 2.74. The van der Waals surface area contributed by atoms with Gasteiger partial charge in [-0.15, -0.1) is 0 Å². The number of allylic oxidation sites excluding steroid dienone is 2. The van der Waals surface area contributed by atoms with Gasteiger partial charge in [0, 0.05) is 24.9 Å². The van der Waals surface area contributed by atoms with Gasteiger partial charge in [0.25, 0.3) is 5.69 Å². The summed E-state index contributed by atoms with van der Waals surface area (Å²) >= 11 is 2.44. The normalized spacial score (nSPS) is 21.7. The lowest BCUT2D eigenvalue weighted by molar-refractivity contribution is -0.384. The Morgan fingerprint density at radius 2 is 1.89 bits per heavy atom. The van der Waals surface area contributed by atoms with Crippen LogP contribution >= 0.6 is 23.5 Å². The van der Waals surface area contributed by atoms with Crippen LogP contribution < -0.4 is 5.01 Å². The molecule has 3 rings (SSSR count). The van der Waals surface area contributed by atoms with E-state index in [-0.39, 0.29) is 16.5 Å². The zero-order valence-electron chi connectivity index (χ0n) is 15.0. The fourth-order valence-corrected chi connectivity index (χ4v) is 5.59. The van der Waals surface area contributed by atoms with Crippen molar-refractivity contribution in [2.75, 3.05) is 19.2 Å². The fourth-order valence-electron chi connectivity index (χ4n) is 2.69. The number of ether oxygens (including phenoxy) is 1. The van der Waals surface area contributed by atoms with Crippen LogP contribution in [0, 0.1) is 10.1 Å². The molecule has 0 saturated carbocycles. The van der Waals surface area contributed by atoms with E-state index in [4.69, 9.17) is 4.74 Å². The summed E-state index contributed by atoms with van der Waals surface area (Å²) in [6.45, 7) is 3.31. The lowest BCUT2D eigenvalue weighted by Gasteiger charge is -2.39. The van der Waals surface area contributed by atoms with Gasteiger partial charge in [-0.2, -0.15) is 5.10 Å². The summed E-state index contributed by atoms with van der Waals surface area (Å²) in [7, 11) is 3.07. The molecule has 27 heavy (non-hydrogen) atoms. The number of nitro groups is 1. The predicted molar refractivity (Wildman–Crippen MR) is 104 cm³/mol. The van der Waals surface area contributed by atoms with E-state index >= 15 is 0 Å². The number of anilines is 1. The molecule has 0 fully saturated rings. The van der Waals surface area contributed by atoms with Gasteiger partial charge in [-0.1, -0.05) is 11.8 Å². The molecule has 1 aromatic carbocycles. The Bertz CT molecular complexity index is 899. The smallest absolute Gasteiger partial charge is 0.365 e. The Balaban J connectivity index is 2.07. The molecule has 2 aliphatic rings. The molecular weight excluding hydrogens is 392 g/mol. The zero-order chi connectivity index (χ0) is 19.9. The summed E-state index contributed by atoms with van der Waals surface area (Å²) in [6.07, 6.45) is 0. The van der Waals surface area contributed by atoms with Crippen molar-refractivity contribution in [1.29, 1.82) is 0 Å². The molecule has 1 atom stereocenters. The molecule has 0 saturated heterocycles. The number of hydrogen-bond donors (Lipinski definition) is 0. The number of nitro benzene ring substituents is 1. The molecular formula is C16H16N4O5S2. The van der Waals surface area contributed by atoms with Crippen molar-refractivity contribution in [2.45, 2.75) is 18.2 Å². The van der Waals surface area contributed by atoms with E-state index in [1.807, 2.05) is 11.8 Å². The van der Waals surface area contributed by atoms with Gasteiger partial charge in [0.15, 0.2) is 5.78 Å². The SMILES string of the molecule is COC(=O)C1=NN(c2ccc([N+](=O)[O-])cc2)[C@@]2(S1)SC(C(C)=O)=C(C)N2C. The number of carbonyl (C=O) groups is 2. The summed E-state index contributed by atoms with van der Waals surface area (Å²) in [4.78, 5) is 37.0. The van der Waals surface area contributed by atoms with E-state index in [1.165, 1.54) is 37.9 Å². The van der Waals surface area contributed by atoms with Gasteiger partial charge in [-0.25, -0.2) is 9.80 Å². The Kier molecular flexibility index (Phi) is 4.91. The molecule has 9 nitrogen and oxygen atoms in total. The van der Waals surface area contributed by atoms with E-state index < -0.39 is 15.2 Å². The first-order valence-corrected chi connectivity index (χ1v) is 9.40. The molecule has 0 unspecified atom stereocenters. The van der Waals surface area contributed by atoms with Crippen molar-refractivity contribution in [1.82, 2.24) is 4.90 Å². The van der Waals surface area contributed by atoms with Gasteiger partial charge >= 0.3 is 5.97 Å². The van der Waals surface area contributed by atoms with Crippen LogP contribution in [0.5, 0.6) is 0 Å². The summed E-state index contributed by atoms with van der Waals surface area (Å²) in [6, 6.07) is 5.84. The first kappa shape index (κ1) is 19.2. The molecule has 0 amide bonds. The lowest BCUT2D eigenvalue weighted by atomic mass is 10.3. The van der Waals surface area contributed by atoms with Crippen molar-refractivity contribution >= 4 is 51.7 Å². The maximum absolute atomic E-state index is 12.1. The van der Waals surface area contributed by atoms with Gasteiger partial charge in [0.05, 0.1) is 22.6 Å². The third kappa shape index (κ3) is 3.06. The number of benzene rings is 1. The van der Waals surface area contributed by atoms with Crippen LogP contribution in [-0.4, -0.2) is 45.1 Å². The van der Waals surface area contributed by atoms with E-state index in [9.17, 15) is 19.7 Å². The minimum absolute atomic E-state index is 0.0528. The number of methoxy groups -OCH3 is 1. The Hall–Kier alpha value is -2.53. The molecule has 0 bridgehead atoms. The minimum atomic E-state index is -0.940. The summed E-state index contributed by atoms with van der Waals surface area (Å²) in [5.41, 5.74) is 1.25. The average Bonchev–Trinajstić information content (AvgIpc) is 3.15. The highest BCUT2D eigenvalue weighted by molar-refractivity contribution is 8.28. The van der Waals surface area contributed by atoms with Crippen LogP contribution in [0.2, 0.25) is 0 Å². The number of hydrogen-bond acceptors (Lipinski definition) is 10. The highest BCUT2D eigenvalue weighted by atomic mass is 32.2. The van der Waals surface area contributed by atoms with Crippen LogP contribution in [0.4, 0.5) is 11.4 Å². The third-order valence-electron chi connectivity index (χ3n) is 4.16. The molecule has 1 spiro atoms.